The molecule has 0 radical (unpaired) electrons. The predicted molar refractivity (Wildman–Crippen MR) is 57.8 cm³/mol. The minimum atomic E-state index is -0.761. The fourth-order valence-electron chi connectivity index (χ4n) is 1.30. The molecule has 15 heavy (non-hydrogen) atoms. The molecule has 3 nitrogen and oxygen atoms in total. The fourth-order valence-corrected chi connectivity index (χ4v) is 2.07. The lowest BCUT2D eigenvalue weighted by molar-refractivity contribution is 0.268. The summed E-state index contributed by atoms with van der Waals surface area (Å²) in [7, 11) is 1.34. The number of aromatic hydroxyl groups is 1. The summed E-state index contributed by atoms with van der Waals surface area (Å²) in [5, 5.41) is 18.4. The Labute approximate surface area is 95.6 Å². The largest absolute Gasteiger partial charge is 0.502 e. The van der Waals surface area contributed by atoms with E-state index in [9.17, 15) is 9.50 Å². The molecular formula is C10H12BrFO3. The quantitative estimate of drug-likeness (QED) is 0.893. The first-order chi connectivity index (χ1) is 7.02. The van der Waals surface area contributed by atoms with E-state index in [1.165, 1.54) is 13.2 Å². The highest BCUT2D eigenvalue weighted by Gasteiger charge is 2.20. The Morgan fingerprint density at radius 3 is 2.67 bits per heavy atom. The van der Waals surface area contributed by atoms with E-state index in [-0.39, 0.29) is 17.9 Å². The molecule has 0 aliphatic carbocycles. The molecular weight excluding hydrogens is 267 g/mol. The van der Waals surface area contributed by atoms with E-state index in [1.54, 1.807) is 6.92 Å². The van der Waals surface area contributed by atoms with Crippen molar-refractivity contribution in [3.05, 3.63) is 21.9 Å². The lowest BCUT2D eigenvalue weighted by Crippen LogP contribution is -2.04. The number of aliphatic hydroxyl groups excluding tert-OH is 1. The van der Waals surface area contributed by atoms with Crippen LogP contribution in [0.15, 0.2) is 10.5 Å². The second kappa shape index (κ2) is 4.81. The first kappa shape index (κ1) is 12.3. The van der Waals surface area contributed by atoms with Crippen molar-refractivity contribution in [2.24, 2.45) is 0 Å². The zero-order chi connectivity index (χ0) is 11.6. The maximum absolute atomic E-state index is 13.7. The van der Waals surface area contributed by atoms with E-state index in [0.29, 0.717) is 4.47 Å². The number of rotatable bonds is 3. The van der Waals surface area contributed by atoms with Gasteiger partial charge in [-0.3, -0.25) is 0 Å². The van der Waals surface area contributed by atoms with Crippen molar-refractivity contribution < 1.29 is 19.3 Å². The second-order valence-corrected chi connectivity index (χ2v) is 4.07. The molecule has 0 bridgehead atoms. The number of phenolic OH excluding ortho intramolecular Hbond substituents is 1. The number of methoxy groups -OCH3 is 1. The highest BCUT2D eigenvalue weighted by atomic mass is 79.9. The molecule has 1 unspecified atom stereocenters. The molecule has 2 N–H and O–H groups in total. The Hall–Kier alpha value is -0.810. The van der Waals surface area contributed by atoms with Crippen LogP contribution >= 0.6 is 15.9 Å². The van der Waals surface area contributed by atoms with Gasteiger partial charge in [-0.2, -0.15) is 0 Å². The third-order valence-corrected chi connectivity index (χ3v) is 2.84. The van der Waals surface area contributed by atoms with Crippen LogP contribution < -0.4 is 4.74 Å². The SMILES string of the molecule is COc1cc(Br)c(C(C)CO)c(F)c1O. The summed E-state index contributed by atoms with van der Waals surface area (Å²) in [6.07, 6.45) is 0. The van der Waals surface area contributed by atoms with Crippen LogP contribution in [0.2, 0.25) is 0 Å². The molecule has 0 aliphatic heterocycles. The average Bonchev–Trinajstić information content (AvgIpc) is 2.23. The van der Waals surface area contributed by atoms with Crippen LogP contribution in [0.4, 0.5) is 4.39 Å². The minimum Gasteiger partial charge on any atom is -0.502 e. The van der Waals surface area contributed by atoms with Crippen LogP contribution in [-0.2, 0) is 0 Å². The van der Waals surface area contributed by atoms with Crippen molar-refractivity contribution in [1.82, 2.24) is 0 Å². The Morgan fingerprint density at radius 1 is 1.60 bits per heavy atom. The molecule has 5 heteroatoms. The molecule has 0 fully saturated rings. The monoisotopic (exact) mass is 278 g/mol. The molecule has 1 rings (SSSR count). The predicted octanol–water partition coefficient (Wildman–Crippen LogP) is 2.40. The number of ether oxygens (including phenoxy) is 1. The maximum atomic E-state index is 13.7. The summed E-state index contributed by atoms with van der Waals surface area (Å²) in [4.78, 5) is 0. The van der Waals surface area contributed by atoms with Crippen molar-refractivity contribution >= 4 is 15.9 Å². The molecule has 84 valence electrons. The van der Waals surface area contributed by atoms with Crippen LogP contribution in [0.5, 0.6) is 11.5 Å². The first-order valence-electron chi connectivity index (χ1n) is 4.38. The number of halogens is 2. The van der Waals surface area contributed by atoms with Crippen molar-refractivity contribution in [2.75, 3.05) is 13.7 Å². The normalized spacial score (nSPS) is 12.6. The van der Waals surface area contributed by atoms with Gasteiger partial charge >= 0.3 is 0 Å². The van der Waals surface area contributed by atoms with Gasteiger partial charge in [-0.05, 0) is 6.07 Å². The van der Waals surface area contributed by atoms with Crippen molar-refractivity contribution in [3.63, 3.8) is 0 Å². The van der Waals surface area contributed by atoms with Gasteiger partial charge in [0.1, 0.15) is 0 Å². The molecule has 1 atom stereocenters. The molecule has 0 aliphatic rings. The summed E-state index contributed by atoms with van der Waals surface area (Å²) in [5.41, 5.74) is 0.246. The Kier molecular flexibility index (Phi) is 3.93. The van der Waals surface area contributed by atoms with E-state index < -0.39 is 17.5 Å². The number of hydrogen-bond donors (Lipinski definition) is 2. The smallest absolute Gasteiger partial charge is 0.194 e. The van der Waals surface area contributed by atoms with Crippen LogP contribution in [-0.4, -0.2) is 23.9 Å². The first-order valence-corrected chi connectivity index (χ1v) is 5.17. The highest BCUT2D eigenvalue weighted by Crippen LogP contribution is 2.39. The Morgan fingerprint density at radius 2 is 2.20 bits per heavy atom. The van der Waals surface area contributed by atoms with Gasteiger partial charge in [0.15, 0.2) is 17.3 Å². The van der Waals surface area contributed by atoms with Gasteiger partial charge in [-0.1, -0.05) is 22.9 Å². The minimum absolute atomic E-state index is 0.0632. The molecule has 0 aromatic heterocycles. The van der Waals surface area contributed by atoms with Gasteiger partial charge in [0.2, 0.25) is 0 Å². The number of aliphatic hydroxyl groups is 1. The lowest BCUT2D eigenvalue weighted by Gasteiger charge is -2.15. The number of benzene rings is 1. The summed E-state index contributed by atoms with van der Waals surface area (Å²) in [6.45, 7) is 1.47. The zero-order valence-corrected chi connectivity index (χ0v) is 10.0. The van der Waals surface area contributed by atoms with Crippen LogP contribution in [0, 0.1) is 5.82 Å². The molecule has 0 saturated heterocycles. The number of hydrogen-bond acceptors (Lipinski definition) is 3. The van der Waals surface area contributed by atoms with Gasteiger partial charge in [0, 0.05) is 22.6 Å². The van der Waals surface area contributed by atoms with Gasteiger partial charge in [0.05, 0.1) is 7.11 Å². The Bertz CT molecular complexity index is 368. The topological polar surface area (TPSA) is 49.7 Å². The van der Waals surface area contributed by atoms with Crippen LogP contribution in [0.1, 0.15) is 18.4 Å². The molecule has 1 aromatic carbocycles. The van der Waals surface area contributed by atoms with Crippen molar-refractivity contribution in [1.29, 1.82) is 0 Å². The average molecular weight is 279 g/mol. The van der Waals surface area contributed by atoms with Crippen molar-refractivity contribution in [2.45, 2.75) is 12.8 Å². The molecule has 1 aromatic rings. The molecule has 0 heterocycles. The van der Waals surface area contributed by atoms with E-state index in [0.717, 1.165) is 0 Å². The van der Waals surface area contributed by atoms with E-state index >= 15 is 0 Å². The van der Waals surface area contributed by atoms with Gasteiger partial charge in [0.25, 0.3) is 0 Å². The third-order valence-electron chi connectivity index (χ3n) is 2.18. The Balaban J connectivity index is 3.35. The zero-order valence-electron chi connectivity index (χ0n) is 8.42. The highest BCUT2D eigenvalue weighted by molar-refractivity contribution is 9.10. The second-order valence-electron chi connectivity index (χ2n) is 3.22. The number of phenols is 1. The third kappa shape index (κ3) is 2.23. The summed E-state index contributed by atoms with van der Waals surface area (Å²) < 4.78 is 18.9. The van der Waals surface area contributed by atoms with Gasteiger partial charge in [-0.15, -0.1) is 0 Å². The molecule has 0 saturated carbocycles. The maximum Gasteiger partial charge on any atom is 0.194 e. The van der Waals surface area contributed by atoms with E-state index in [2.05, 4.69) is 15.9 Å². The van der Waals surface area contributed by atoms with Crippen LogP contribution in [0.25, 0.3) is 0 Å². The molecule has 0 amide bonds. The summed E-state index contributed by atoms with van der Waals surface area (Å²) in [5.74, 6) is -1.62. The van der Waals surface area contributed by atoms with Crippen LogP contribution in [0.3, 0.4) is 0 Å². The van der Waals surface area contributed by atoms with E-state index in [4.69, 9.17) is 9.84 Å². The van der Waals surface area contributed by atoms with Crippen molar-refractivity contribution in [3.8, 4) is 11.5 Å². The summed E-state index contributed by atoms with van der Waals surface area (Å²) >= 11 is 3.17. The lowest BCUT2D eigenvalue weighted by atomic mass is 10.0. The standard InChI is InChI=1S/C10H12BrFO3/c1-5(4-13)8-6(11)3-7(15-2)10(14)9(8)12/h3,5,13-14H,4H2,1-2H3. The van der Waals surface area contributed by atoms with E-state index in [1.807, 2.05) is 0 Å². The van der Waals surface area contributed by atoms with Gasteiger partial charge < -0.3 is 14.9 Å². The van der Waals surface area contributed by atoms with Gasteiger partial charge in [-0.25, -0.2) is 4.39 Å². The molecule has 0 spiro atoms. The fraction of sp³-hybridized carbons (Fsp3) is 0.400. The summed E-state index contributed by atoms with van der Waals surface area (Å²) in [6, 6.07) is 1.47.